The minimum atomic E-state index is -0.480. The molecule has 0 aliphatic rings. The Kier molecular flexibility index (Phi) is 12.6. The Balaban J connectivity index is 3.27. The largest absolute Gasteiger partial charge is 0.463 e. The lowest BCUT2D eigenvalue weighted by atomic mass is 10.1. The lowest BCUT2D eigenvalue weighted by Crippen LogP contribution is -2.16. The number of hydrogen-bond acceptors (Lipinski definition) is 4. The molecule has 112 valence electrons. The standard InChI is InChI=1S/C15H28O4/c1-3-5-6-7-8-9-10-11-12-14(16)19-13-15(17)18-4-2/h3-13H2,1-2H3. The second-order valence-corrected chi connectivity index (χ2v) is 4.69. The van der Waals surface area contributed by atoms with E-state index in [0.29, 0.717) is 13.0 Å². The van der Waals surface area contributed by atoms with Crippen LogP contribution in [-0.2, 0) is 19.1 Å². The highest BCUT2D eigenvalue weighted by molar-refractivity contribution is 5.76. The summed E-state index contributed by atoms with van der Waals surface area (Å²) < 4.78 is 9.47. The van der Waals surface area contributed by atoms with E-state index in [0.717, 1.165) is 12.8 Å². The Labute approximate surface area is 116 Å². The monoisotopic (exact) mass is 272 g/mol. The molecule has 0 saturated carbocycles. The van der Waals surface area contributed by atoms with Crippen LogP contribution in [-0.4, -0.2) is 25.2 Å². The number of esters is 2. The van der Waals surface area contributed by atoms with Crippen LogP contribution in [0.25, 0.3) is 0 Å². The molecule has 0 aromatic heterocycles. The fourth-order valence-corrected chi connectivity index (χ4v) is 1.82. The zero-order chi connectivity index (χ0) is 14.3. The molecule has 0 saturated heterocycles. The van der Waals surface area contributed by atoms with E-state index in [1.807, 2.05) is 0 Å². The minimum Gasteiger partial charge on any atom is -0.463 e. The first kappa shape index (κ1) is 17.9. The molecule has 4 nitrogen and oxygen atoms in total. The van der Waals surface area contributed by atoms with Gasteiger partial charge in [0.1, 0.15) is 0 Å². The molecule has 0 amide bonds. The number of hydrogen-bond donors (Lipinski definition) is 0. The van der Waals surface area contributed by atoms with Gasteiger partial charge in [-0.05, 0) is 13.3 Å². The topological polar surface area (TPSA) is 52.6 Å². The van der Waals surface area contributed by atoms with Crippen molar-refractivity contribution in [2.24, 2.45) is 0 Å². The van der Waals surface area contributed by atoms with Gasteiger partial charge in [0.15, 0.2) is 6.61 Å². The maximum absolute atomic E-state index is 11.3. The smallest absolute Gasteiger partial charge is 0.344 e. The first-order chi connectivity index (χ1) is 9.20. The molecule has 0 atom stereocenters. The van der Waals surface area contributed by atoms with Crippen molar-refractivity contribution in [3.8, 4) is 0 Å². The molecule has 0 aromatic carbocycles. The average Bonchev–Trinajstić information content (AvgIpc) is 2.40. The van der Waals surface area contributed by atoms with Crippen molar-refractivity contribution in [2.75, 3.05) is 13.2 Å². The molecule has 0 fully saturated rings. The molecular weight excluding hydrogens is 244 g/mol. The summed E-state index contributed by atoms with van der Waals surface area (Å²) in [7, 11) is 0. The van der Waals surface area contributed by atoms with Crippen LogP contribution in [0, 0.1) is 0 Å². The van der Waals surface area contributed by atoms with Gasteiger partial charge in [-0.2, -0.15) is 0 Å². The van der Waals surface area contributed by atoms with Crippen molar-refractivity contribution < 1.29 is 19.1 Å². The van der Waals surface area contributed by atoms with Crippen molar-refractivity contribution in [1.29, 1.82) is 0 Å². The Hall–Kier alpha value is -1.06. The molecule has 0 aliphatic carbocycles. The van der Waals surface area contributed by atoms with E-state index in [1.165, 1.54) is 38.5 Å². The van der Waals surface area contributed by atoms with E-state index in [9.17, 15) is 9.59 Å². The molecule has 0 rings (SSSR count). The van der Waals surface area contributed by atoms with Gasteiger partial charge < -0.3 is 9.47 Å². The van der Waals surface area contributed by atoms with Crippen molar-refractivity contribution >= 4 is 11.9 Å². The van der Waals surface area contributed by atoms with Crippen LogP contribution in [0.2, 0.25) is 0 Å². The summed E-state index contributed by atoms with van der Waals surface area (Å²) in [5.41, 5.74) is 0. The molecule has 0 unspecified atom stereocenters. The van der Waals surface area contributed by atoms with Crippen LogP contribution in [0.3, 0.4) is 0 Å². The Bertz CT molecular complexity index is 238. The van der Waals surface area contributed by atoms with Crippen molar-refractivity contribution in [3.05, 3.63) is 0 Å². The van der Waals surface area contributed by atoms with Gasteiger partial charge in [0.25, 0.3) is 0 Å². The molecule has 0 bridgehead atoms. The molecule has 0 aliphatic heterocycles. The van der Waals surface area contributed by atoms with Crippen LogP contribution in [0.5, 0.6) is 0 Å². The van der Waals surface area contributed by atoms with Gasteiger partial charge in [-0.25, -0.2) is 4.79 Å². The van der Waals surface area contributed by atoms with E-state index >= 15 is 0 Å². The van der Waals surface area contributed by atoms with Gasteiger partial charge in [-0.15, -0.1) is 0 Å². The second-order valence-electron chi connectivity index (χ2n) is 4.69. The third-order valence-electron chi connectivity index (χ3n) is 2.89. The quantitative estimate of drug-likeness (QED) is 0.402. The summed E-state index contributed by atoms with van der Waals surface area (Å²) in [6, 6.07) is 0. The molecular formula is C15H28O4. The van der Waals surface area contributed by atoms with Gasteiger partial charge >= 0.3 is 11.9 Å². The number of rotatable bonds is 12. The predicted octanol–water partition coefficient (Wildman–Crippen LogP) is 3.62. The number of carbonyl (C=O) groups excluding carboxylic acids is 2. The van der Waals surface area contributed by atoms with Crippen LogP contribution < -0.4 is 0 Å². The zero-order valence-electron chi connectivity index (χ0n) is 12.4. The first-order valence-electron chi connectivity index (χ1n) is 7.52. The summed E-state index contributed by atoms with van der Waals surface area (Å²) in [6.07, 6.45) is 9.92. The molecule has 0 N–H and O–H groups in total. The Morgan fingerprint density at radius 3 is 1.89 bits per heavy atom. The first-order valence-corrected chi connectivity index (χ1v) is 7.52. The molecule has 19 heavy (non-hydrogen) atoms. The molecule has 0 heterocycles. The van der Waals surface area contributed by atoms with E-state index in [2.05, 4.69) is 11.7 Å². The Morgan fingerprint density at radius 1 is 0.737 bits per heavy atom. The van der Waals surface area contributed by atoms with Gasteiger partial charge in [-0.3, -0.25) is 4.79 Å². The van der Waals surface area contributed by atoms with E-state index in [4.69, 9.17) is 4.74 Å². The van der Waals surface area contributed by atoms with Gasteiger partial charge in [0, 0.05) is 6.42 Å². The molecule has 0 radical (unpaired) electrons. The predicted molar refractivity (Wildman–Crippen MR) is 74.8 cm³/mol. The summed E-state index contributed by atoms with van der Waals surface area (Å²) in [5.74, 6) is -0.786. The zero-order valence-corrected chi connectivity index (χ0v) is 12.4. The Morgan fingerprint density at radius 2 is 1.32 bits per heavy atom. The number of carbonyl (C=O) groups is 2. The van der Waals surface area contributed by atoms with Crippen molar-refractivity contribution in [2.45, 2.75) is 71.6 Å². The van der Waals surface area contributed by atoms with Gasteiger partial charge in [0.05, 0.1) is 6.61 Å². The van der Waals surface area contributed by atoms with Crippen LogP contribution in [0.1, 0.15) is 71.6 Å². The van der Waals surface area contributed by atoms with Crippen LogP contribution >= 0.6 is 0 Å². The summed E-state index contributed by atoms with van der Waals surface area (Å²) in [5, 5.41) is 0. The van der Waals surface area contributed by atoms with Crippen molar-refractivity contribution in [1.82, 2.24) is 0 Å². The molecule has 0 aromatic rings. The van der Waals surface area contributed by atoms with Crippen LogP contribution in [0.15, 0.2) is 0 Å². The fourth-order valence-electron chi connectivity index (χ4n) is 1.82. The van der Waals surface area contributed by atoms with E-state index < -0.39 is 5.97 Å². The average molecular weight is 272 g/mol. The fraction of sp³-hybridized carbons (Fsp3) is 0.867. The lowest BCUT2D eigenvalue weighted by Gasteiger charge is -2.04. The normalized spacial score (nSPS) is 10.2. The third-order valence-corrected chi connectivity index (χ3v) is 2.89. The highest BCUT2D eigenvalue weighted by atomic mass is 16.6. The molecule has 0 spiro atoms. The number of unbranched alkanes of at least 4 members (excludes halogenated alkanes) is 7. The second kappa shape index (κ2) is 13.4. The minimum absolute atomic E-state index is 0.260. The maximum Gasteiger partial charge on any atom is 0.344 e. The lowest BCUT2D eigenvalue weighted by molar-refractivity contribution is -0.158. The highest BCUT2D eigenvalue weighted by Gasteiger charge is 2.07. The van der Waals surface area contributed by atoms with E-state index in [1.54, 1.807) is 6.92 Å². The highest BCUT2D eigenvalue weighted by Crippen LogP contribution is 2.09. The SMILES string of the molecule is CCCCCCCCCCC(=O)OCC(=O)OCC. The van der Waals surface area contributed by atoms with Gasteiger partial charge in [0.2, 0.25) is 0 Å². The summed E-state index contributed by atoms with van der Waals surface area (Å²) in [4.78, 5) is 22.2. The summed E-state index contributed by atoms with van der Waals surface area (Å²) in [6.45, 7) is 3.99. The van der Waals surface area contributed by atoms with Crippen LogP contribution in [0.4, 0.5) is 0 Å². The number of ether oxygens (including phenoxy) is 2. The van der Waals surface area contributed by atoms with Gasteiger partial charge in [-0.1, -0.05) is 51.9 Å². The molecule has 4 heteroatoms. The van der Waals surface area contributed by atoms with Crippen molar-refractivity contribution in [3.63, 3.8) is 0 Å². The van der Waals surface area contributed by atoms with E-state index in [-0.39, 0.29) is 12.6 Å². The summed E-state index contributed by atoms with van der Waals surface area (Å²) >= 11 is 0. The third kappa shape index (κ3) is 13.2. The maximum atomic E-state index is 11.3.